The smallest absolute Gasteiger partial charge is 0.344 e. The second kappa shape index (κ2) is 31.4. The first kappa shape index (κ1) is 69.5. The van der Waals surface area contributed by atoms with E-state index in [9.17, 15) is 52.7 Å². The molecule has 0 spiro atoms. The van der Waals surface area contributed by atoms with Crippen LogP contribution in [0, 0.1) is 94.7 Å². The van der Waals surface area contributed by atoms with Gasteiger partial charge in [-0.2, -0.15) is 0 Å². The summed E-state index contributed by atoms with van der Waals surface area (Å²) in [7, 11) is 0. The quantitative estimate of drug-likeness (QED) is 0.0599. The maximum absolute atomic E-state index is 12.1. The first-order valence-electron chi connectivity index (χ1n) is 34.2. The Morgan fingerprint density at radius 1 is 0.341 bits per heavy atom. The standard InChI is InChI=1S/C19H26O8.C17H24O6.C17H26O5.C15H22O4/c1-3-10(2)18(22)25-8-15(20)24-9-16(21)27-17-12-4-11-5-13(7-12)19(23)26-14(17)6-11;1-3-9(2)16(19)21-8-14(18)23-15-11-4-10-5-12(7-11)17(20)22-13(15)6-10;1-3-10(2)16(18)21-5-4-20-15-12-6-11-7-13(9-12)17(19)22-14(15)8-11;1-3-8(2)14(16)19-13-10-4-9-5-11(7-10)15(17)18-12(13)6-9/h10-14,17H,3-9H2,1-2H3;9-13,15H,3-8H2,1-2H3;10-15H,3-9H2,1-2H3;8-13H,3-7H2,1-2H3. The third-order valence-corrected chi connectivity index (χ3v) is 21.9. The SMILES string of the molecule is CCC(C)C(=O)OC1C2CC3CC(C2)C(=O)OC1C3.CCC(C)C(=O)OCC(=O)OC1C2CC3CC(C2)C(=O)OC1C3.CCC(C)C(=O)OCC(=O)OCC(=O)OC1C2CC3CC(C2)C(=O)OC1C3.CCC(C)C(=O)OCCOC1C2CC3CC(C2)C(=O)OC1C3. The van der Waals surface area contributed by atoms with Crippen LogP contribution in [0.5, 0.6) is 0 Å². The van der Waals surface area contributed by atoms with E-state index in [2.05, 4.69) is 0 Å². The normalized spacial score (nSPS) is 36.4. The second-order valence-corrected chi connectivity index (χ2v) is 28.4. The molecule has 24 atom stereocenters. The molecule has 16 bridgehead atoms. The summed E-state index contributed by atoms with van der Waals surface area (Å²) in [5.74, 6) is -1.23. The molecule has 8 heterocycles. The number of fused-ring (bicyclic) bond motifs is 4. The molecule has 8 saturated carbocycles. The zero-order valence-corrected chi connectivity index (χ0v) is 54.4. The summed E-state index contributed by atoms with van der Waals surface area (Å²) in [6, 6.07) is 0. The maximum Gasteiger partial charge on any atom is 0.344 e. The van der Waals surface area contributed by atoms with Gasteiger partial charge in [-0.15, -0.1) is 0 Å². The summed E-state index contributed by atoms with van der Waals surface area (Å²) in [5.41, 5.74) is 0. The van der Waals surface area contributed by atoms with Gasteiger partial charge in [0.05, 0.1) is 60.1 Å². The fourth-order valence-corrected chi connectivity index (χ4v) is 16.3. The van der Waals surface area contributed by atoms with E-state index < -0.39 is 61.4 Å². The van der Waals surface area contributed by atoms with E-state index in [0.717, 1.165) is 103 Å². The molecule has 0 amide bonds. The van der Waals surface area contributed by atoms with Gasteiger partial charge in [0.25, 0.3) is 0 Å². The fourth-order valence-electron chi connectivity index (χ4n) is 16.3. The van der Waals surface area contributed by atoms with Gasteiger partial charge < -0.3 is 56.8 Å². The molecule has 0 aromatic heterocycles. The van der Waals surface area contributed by atoms with Crippen molar-refractivity contribution in [1.29, 1.82) is 0 Å². The van der Waals surface area contributed by atoms with Crippen molar-refractivity contribution in [3.05, 3.63) is 0 Å². The van der Waals surface area contributed by atoms with Gasteiger partial charge >= 0.3 is 65.7 Å². The number of carbonyl (C=O) groups is 11. The van der Waals surface area contributed by atoms with Gasteiger partial charge in [0.2, 0.25) is 0 Å². The largest absolute Gasteiger partial charge is 0.463 e. The Morgan fingerprint density at radius 2 is 0.637 bits per heavy atom. The molecular formula is C68H98O23. The summed E-state index contributed by atoms with van der Waals surface area (Å²) in [6.45, 7) is 14.1. The summed E-state index contributed by atoms with van der Waals surface area (Å²) < 4.78 is 64.7. The topological polar surface area (TPSA) is 299 Å². The lowest BCUT2D eigenvalue weighted by molar-refractivity contribution is -0.179. The first-order chi connectivity index (χ1) is 43.5. The van der Waals surface area contributed by atoms with Crippen LogP contribution in [0.1, 0.15) is 184 Å². The molecule has 23 nitrogen and oxygen atoms in total. The zero-order valence-electron chi connectivity index (χ0n) is 54.4. The van der Waals surface area contributed by atoms with Crippen molar-refractivity contribution in [2.24, 2.45) is 94.7 Å². The van der Waals surface area contributed by atoms with E-state index in [-0.39, 0.29) is 139 Å². The van der Waals surface area contributed by atoms with Crippen molar-refractivity contribution in [2.45, 2.75) is 233 Å². The van der Waals surface area contributed by atoms with E-state index in [4.69, 9.17) is 56.8 Å². The van der Waals surface area contributed by atoms with E-state index >= 15 is 0 Å². The van der Waals surface area contributed by atoms with Gasteiger partial charge in [0.15, 0.2) is 19.8 Å². The van der Waals surface area contributed by atoms with E-state index in [1.807, 2.05) is 41.5 Å². The Kier molecular flexibility index (Phi) is 24.0. The molecule has 8 saturated heterocycles. The van der Waals surface area contributed by atoms with Crippen molar-refractivity contribution in [3.8, 4) is 0 Å². The lowest BCUT2D eigenvalue weighted by atomic mass is 9.67. The number of hydrogen-bond donors (Lipinski definition) is 0. The highest BCUT2D eigenvalue weighted by molar-refractivity contribution is 5.81. The van der Waals surface area contributed by atoms with Gasteiger partial charge in [0.1, 0.15) is 49.3 Å². The molecule has 23 heteroatoms. The maximum atomic E-state index is 12.1. The molecule has 8 aliphatic heterocycles. The summed E-state index contributed by atoms with van der Waals surface area (Å²) >= 11 is 0. The van der Waals surface area contributed by atoms with Crippen molar-refractivity contribution in [3.63, 3.8) is 0 Å². The Morgan fingerprint density at radius 3 is 1.00 bits per heavy atom. The monoisotopic (exact) mass is 1280 g/mol. The van der Waals surface area contributed by atoms with E-state index in [0.29, 0.717) is 67.8 Å². The van der Waals surface area contributed by atoms with Gasteiger partial charge in [-0.05, 0) is 158 Å². The van der Waals surface area contributed by atoms with Gasteiger partial charge in [-0.3, -0.25) is 38.4 Å². The van der Waals surface area contributed by atoms with E-state index in [1.165, 1.54) is 0 Å². The Labute approximate surface area is 533 Å². The Hall–Kier alpha value is -5.87. The number of carbonyl (C=O) groups excluding carboxylic acids is 11. The number of rotatable bonds is 21. The lowest BCUT2D eigenvalue weighted by Gasteiger charge is -2.41. The average molecular weight is 1280 g/mol. The van der Waals surface area contributed by atoms with Crippen LogP contribution in [0.25, 0.3) is 0 Å². The third-order valence-electron chi connectivity index (χ3n) is 21.9. The van der Waals surface area contributed by atoms with Gasteiger partial charge in [-0.25, -0.2) is 14.4 Å². The summed E-state index contributed by atoms with van der Waals surface area (Å²) in [4.78, 5) is 130. The Bertz CT molecular complexity index is 2640. The predicted octanol–water partition coefficient (Wildman–Crippen LogP) is 7.87. The van der Waals surface area contributed by atoms with Crippen LogP contribution >= 0.6 is 0 Å². The Balaban J connectivity index is 0.000000145. The number of hydrogen-bond acceptors (Lipinski definition) is 23. The number of ether oxygens (including phenoxy) is 12. The van der Waals surface area contributed by atoms with Crippen LogP contribution in [-0.4, -0.2) is 148 Å². The third kappa shape index (κ3) is 17.5. The molecule has 8 aliphatic carbocycles. The lowest BCUT2D eigenvalue weighted by Crippen LogP contribution is -2.45. The van der Waals surface area contributed by atoms with Crippen LogP contribution in [-0.2, 0) is 110 Å². The molecule has 0 radical (unpaired) electrons. The highest BCUT2D eigenvalue weighted by atomic mass is 16.6. The van der Waals surface area contributed by atoms with Gasteiger partial charge in [0, 0.05) is 17.8 Å². The van der Waals surface area contributed by atoms with Crippen LogP contribution in [0.3, 0.4) is 0 Å². The first-order valence-corrected chi connectivity index (χ1v) is 34.2. The molecule has 24 unspecified atom stereocenters. The van der Waals surface area contributed by atoms with Crippen molar-refractivity contribution in [1.82, 2.24) is 0 Å². The zero-order chi connectivity index (χ0) is 65.4. The second-order valence-electron chi connectivity index (χ2n) is 28.4. The molecule has 0 aromatic rings. The predicted molar refractivity (Wildman–Crippen MR) is 316 cm³/mol. The van der Waals surface area contributed by atoms with Crippen LogP contribution < -0.4 is 0 Å². The van der Waals surface area contributed by atoms with Crippen LogP contribution in [0.15, 0.2) is 0 Å². The molecule has 0 aromatic carbocycles. The van der Waals surface area contributed by atoms with E-state index in [1.54, 1.807) is 13.8 Å². The highest BCUT2D eigenvalue weighted by Gasteiger charge is 2.55. The molecule has 16 fully saturated rings. The van der Waals surface area contributed by atoms with Crippen LogP contribution in [0.4, 0.5) is 0 Å². The number of esters is 11. The minimum Gasteiger partial charge on any atom is -0.463 e. The minimum absolute atomic E-state index is 0.0206. The molecule has 91 heavy (non-hydrogen) atoms. The van der Waals surface area contributed by atoms with Gasteiger partial charge in [-0.1, -0.05) is 55.4 Å². The fraction of sp³-hybridized carbons (Fsp3) is 0.838. The molecular weight excluding hydrogens is 1180 g/mol. The highest BCUT2D eigenvalue weighted by Crippen LogP contribution is 2.52. The molecule has 16 rings (SSSR count). The molecule has 16 aliphatic rings. The summed E-state index contributed by atoms with van der Waals surface area (Å²) in [6.07, 6.45) is 15.0. The summed E-state index contributed by atoms with van der Waals surface area (Å²) in [5, 5.41) is 0. The molecule has 508 valence electrons. The van der Waals surface area contributed by atoms with Crippen molar-refractivity contribution in [2.75, 3.05) is 33.0 Å². The average Bonchev–Trinajstić information content (AvgIpc) is 1.79. The molecule has 0 N–H and O–H groups in total. The minimum atomic E-state index is -0.808. The van der Waals surface area contributed by atoms with Crippen LogP contribution in [0.2, 0.25) is 0 Å². The van der Waals surface area contributed by atoms with Crippen molar-refractivity contribution >= 4 is 65.7 Å². The van der Waals surface area contributed by atoms with Crippen molar-refractivity contribution < 1.29 is 110 Å².